The van der Waals surface area contributed by atoms with Gasteiger partial charge in [0.2, 0.25) is 0 Å². The van der Waals surface area contributed by atoms with E-state index < -0.39 is 41.5 Å². The fraction of sp³-hybridized carbons (Fsp3) is 0.320. The third-order valence-corrected chi connectivity index (χ3v) is 6.62. The van der Waals surface area contributed by atoms with Gasteiger partial charge in [0, 0.05) is 28.9 Å². The Balaban J connectivity index is 0.00000320. The van der Waals surface area contributed by atoms with Crippen molar-refractivity contribution < 1.29 is 32.6 Å². The zero-order chi connectivity index (χ0) is 25.6. The van der Waals surface area contributed by atoms with E-state index in [-0.39, 0.29) is 42.1 Å². The number of carboxylic acid groups (broad SMARTS) is 1. The number of fused-ring (bicyclic) bond motifs is 1. The normalized spacial score (nSPS) is 20.2. The van der Waals surface area contributed by atoms with Gasteiger partial charge in [0.1, 0.15) is 12.1 Å². The smallest absolute Gasteiger partial charge is 0.417 e. The first-order valence-corrected chi connectivity index (χ1v) is 11.4. The molecule has 2 fully saturated rings. The lowest BCUT2D eigenvalue weighted by atomic mass is 10.0. The van der Waals surface area contributed by atoms with Gasteiger partial charge in [-0.2, -0.15) is 13.2 Å². The molecular formula is C25H23ClF3N3O5. The Hall–Kier alpha value is -3.57. The lowest BCUT2D eigenvalue weighted by Gasteiger charge is -2.23. The van der Waals surface area contributed by atoms with Crippen molar-refractivity contribution in [2.75, 3.05) is 24.5 Å². The maximum atomic E-state index is 13.5. The number of aliphatic carboxylic acids is 1. The van der Waals surface area contributed by atoms with Crippen molar-refractivity contribution in [3.8, 4) is 11.3 Å². The Morgan fingerprint density at radius 2 is 1.89 bits per heavy atom. The van der Waals surface area contributed by atoms with Crippen LogP contribution in [0.2, 0.25) is 0 Å². The minimum Gasteiger partial charge on any atom is -0.480 e. The van der Waals surface area contributed by atoms with Gasteiger partial charge in [-0.25, -0.2) is 4.79 Å². The number of carboxylic acids is 1. The van der Waals surface area contributed by atoms with Gasteiger partial charge in [-0.05, 0) is 49.0 Å². The lowest BCUT2D eigenvalue weighted by Crippen LogP contribution is -2.41. The number of alkyl halides is 3. The Bertz CT molecular complexity index is 1410. The summed E-state index contributed by atoms with van der Waals surface area (Å²) in [6, 6.07) is 10.5. The second kappa shape index (κ2) is 10.1. The molecule has 37 heavy (non-hydrogen) atoms. The van der Waals surface area contributed by atoms with Crippen LogP contribution >= 0.6 is 12.4 Å². The zero-order valence-corrected chi connectivity index (χ0v) is 20.1. The standard InChI is InChI=1S/C25H22F3N3O5.ClH/c26-25(27,28)19-5-2-1-4-17(19)20-10-14-7-8-15(11-18(14)22(32)29-20)31-13-16(36-24(31)35)12-30-9-3-6-21(30)23(33)34;/h1-2,4-5,7-8,10-11,16,21H,3,6,9,12-13H2,(H,29,32)(H,33,34);1H. The van der Waals surface area contributed by atoms with Gasteiger partial charge in [-0.3, -0.25) is 19.4 Å². The topological polar surface area (TPSA) is 103 Å². The highest BCUT2D eigenvalue weighted by Gasteiger charge is 2.38. The van der Waals surface area contributed by atoms with Crippen molar-refractivity contribution in [2.24, 2.45) is 0 Å². The van der Waals surface area contributed by atoms with Crippen molar-refractivity contribution in [3.63, 3.8) is 0 Å². The Morgan fingerprint density at radius 1 is 1.14 bits per heavy atom. The van der Waals surface area contributed by atoms with Crippen LogP contribution in [0.3, 0.4) is 0 Å². The summed E-state index contributed by atoms with van der Waals surface area (Å²) in [6.07, 6.45) is -4.43. The summed E-state index contributed by atoms with van der Waals surface area (Å²) in [7, 11) is 0. The molecule has 0 radical (unpaired) electrons. The maximum Gasteiger partial charge on any atom is 0.417 e. The molecule has 3 aromatic rings. The molecule has 0 aliphatic carbocycles. The van der Waals surface area contributed by atoms with Crippen LogP contribution in [0, 0.1) is 0 Å². The number of hydrogen-bond acceptors (Lipinski definition) is 5. The first-order valence-electron chi connectivity index (χ1n) is 11.4. The summed E-state index contributed by atoms with van der Waals surface area (Å²) in [6.45, 7) is 1.08. The molecule has 2 N–H and O–H groups in total. The summed E-state index contributed by atoms with van der Waals surface area (Å²) in [5.74, 6) is -0.903. The van der Waals surface area contributed by atoms with Crippen LogP contribution in [0.15, 0.2) is 53.3 Å². The second-order valence-corrected chi connectivity index (χ2v) is 8.93. The molecule has 2 atom stereocenters. The van der Waals surface area contributed by atoms with Gasteiger partial charge in [0.15, 0.2) is 0 Å². The minimum atomic E-state index is -4.58. The first kappa shape index (κ1) is 26.5. The highest BCUT2D eigenvalue weighted by Crippen LogP contribution is 2.37. The minimum absolute atomic E-state index is 0. The molecule has 12 heteroatoms. The highest BCUT2D eigenvalue weighted by atomic mass is 35.5. The number of nitrogens with one attached hydrogen (secondary N) is 1. The van der Waals surface area contributed by atoms with Crippen LogP contribution < -0.4 is 10.5 Å². The molecule has 196 valence electrons. The van der Waals surface area contributed by atoms with E-state index in [0.717, 1.165) is 12.5 Å². The average Bonchev–Trinajstić information content (AvgIpc) is 3.45. The van der Waals surface area contributed by atoms with E-state index in [4.69, 9.17) is 4.74 Å². The van der Waals surface area contributed by atoms with E-state index in [0.29, 0.717) is 24.0 Å². The number of ether oxygens (including phenoxy) is 1. The number of H-pyrrole nitrogens is 1. The Kier molecular flexibility index (Phi) is 7.20. The summed E-state index contributed by atoms with van der Waals surface area (Å²) in [5, 5.41) is 9.99. The third-order valence-electron chi connectivity index (χ3n) is 6.62. The SMILES string of the molecule is Cl.O=C(O)C1CCCN1CC1CN(c2ccc3cc(-c4ccccc4C(F)(F)F)[nH]c(=O)c3c2)C(=O)O1. The van der Waals surface area contributed by atoms with Crippen molar-refractivity contribution >= 4 is 40.9 Å². The number of aromatic nitrogens is 1. The van der Waals surface area contributed by atoms with E-state index >= 15 is 0 Å². The number of aromatic amines is 1. The van der Waals surface area contributed by atoms with Gasteiger partial charge in [-0.1, -0.05) is 24.3 Å². The number of cyclic esters (lactones) is 1. The molecule has 5 rings (SSSR count). The number of pyridine rings is 1. The summed E-state index contributed by atoms with van der Waals surface area (Å²) >= 11 is 0. The molecule has 1 amide bonds. The second-order valence-electron chi connectivity index (χ2n) is 8.93. The van der Waals surface area contributed by atoms with E-state index in [2.05, 4.69) is 4.98 Å². The van der Waals surface area contributed by atoms with E-state index in [1.807, 2.05) is 0 Å². The Labute approximate surface area is 215 Å². The molecule has 8 nitrogen and oxygen atoms in total. The third kappa shape index (κ3) is 5.14. The number of anilines is 1. The zero-order valence-electron chi connectivity index (χ0n) is 19.3. The van der Waals surface area contributed by atoms with Gasteiger partial charge >= 0.3 is 18.2 Å². The van der Waals surface area contributed by atoms with Crippen LogP contribution in [-0.4, -0.2) is 58.8 Å². The number of carbonyl (C=O) groups excluding carboxylic acids is 1. The molecular weight excluding hydrogens is 515 g/mol. The first-order chi connectivity index (χ1) is 17.1. The number of hydrogen-bond donors (Lipinski definition) is 2. The number of halogens is 4. The van der Waals surface area contributed by atoms with Crippen LogP contribution in [0.1, 0.15) is 18.4 Å². The lowest BCUT2D eigenvalue weighted by molar-refractivity contribution is -0.142. The van der Waals surface area contributed by atoms with E-state index in [1.165, 1.54) is 35.2 Å². The molecule has 3 heterocycles. The fourth-order valence-electron chi connectivity index (χ4n) is 4.94. The molecule has 0 bridgehead atoms. The van der Waals surface area contributed by atoms with E-state index in [1.54, 1.807) is 17.0 Å². The van der Waals surface area contributed by atoms with Crippen molar-refractivity contribution in [3.05, 3.63) is 64.4 Å². The maximum absolute atomic E-state index is 13.5. The van der Waals surface area contributed by atoms with Crippen LogP contribution in [0.4, 0.5) is 23.7 Å². The van der Waals surface area contributed by atoms with Crippen LogP contribution in [-0.2, 0) is 15.7 Å². The van der Waals surface area contributed by atoms with Crippen LogP contribution in [0.25, 0.3) is 22.0 Å². The average molecular weight is 538 g/mol. The molecule has 1 aromatic heterocycles. The molecule has 2 aliphatic heterocycles. The number of rotatable bonds is 5. The number of likely N-dealkylation sites (tertiary alicyclic amines) is 1. The van der Waals surface area contributed by atoms with Gasteiger partial charge in [0.05, 0.1) is 12.1 Å². The van der Waals surface area contributed by atoms with E-state index in [9.17, 15) is 32.7 Å². The largest absolute Gasteiger partial charge is 0.480 e. The number of carbonyl (C=O) groups is 2. The monoisotopic (exact) mass is 537 g/mol. The number of amides is 1. The molecule has 2 unspecified atom stereocenters. The fourth-order valence-corrected chi connectivity index (χ4v) is 4.94. The molecule has 2 aliphatic rings. The molecule has 2 aromatic carbocycles. The molecule has 2 saturated heterocycles. The summed E-state index contributed by atoms with van der Waals surface area (Å²) < 4.78 is 45.8. The number of nitrogens with zero attached hydrogens (tertiary/aromatic N) is 2. The van der Waals surface area contributed by atoms with Crippen LogP contribution in [0.5, 0.6) is 0 Å². The quantitative estimate of drug-likeness (QED) is 0.496. The predicted molar refractivity (Wildman–Crippen MR) is 132 cm³/mol. The molecule has 0 spiro atoms. The van der Waals surface area contributed by atoms with Gasteiger partial charge in [-0.15, -0.1) is 12.4 Å². The van der Waals surface area contributed by atoms with Crippen molar-refractivity contribution in [2.45, 2.75) is 31.2 Å². The molecule has 0 saturated carbocycles. The summed E-state index contributed by atoms with van der Waals surface area (Å²) in [4.78, 5) is 42.5. The summed E-state index contributed by atoms with van der Waals surface area (Å²) in [5.41, 5.74) is -1.15. The predicted octanol–water partition coefficient (Wildman–Crippen LogP) is 4.51. The number of benzene rings is 2. The Morgan fingerprint density at radius 3 is 2.62 bits per heavy atom. The van der Waals surface area contributed by atoms with Gasteiger partial charge in [0.25, 0.3) is 5.56 Å². The highest BCUT2D eigenvalue weighted by molar-refractivity contribution is 5.95. The van der Waals surface area contributed by atoms with Gasteiger partial charge < -0.3 is 14.8 Å². The van der Waals surface area contributed by atoms with Crippen molar-refractivity contribution in [1.82, 2.24) is 9.88 Å². The van der Waals surface area contributed by atoms with Crippen molar-refractivity contribution in [1.29, 1.82) is 0 Å².